The minimum atomic E-state index is 0.204. The molecule has 0 aliphatic rings. The van der Waals surface area contributed by atoms with E-state index in [9.17, 15) is 9.90 Å². The number of ether oxygens (including phenoxy) is 1. The van der Waals surface area contributed by atoms with Gasteiger partial charge in [-0.15, -0.1) is 11.3 Å². The average molecular weight is 208 g/mol. The van der Waals surface area contributed by atoms with Crippen molar-refractivity contribution in [2.75, 3.05) is 7.11 Å². The molecule has 2 rings (SSSR count). The first-order chi connectivity index (χ1) is 6.77. The van der Waals surface area contributed by atoms with E-state index in [1.54, 1.807) is 17.5 Å². The van der Waals surface area contributed by atoms with Crippen LogP contribution in [0.4, 0.5) is 0 Å². The predicted octanol–water partition coefficient (Wildman–Crippen LogP) is 2.43. The summed E-state index contributed by atoms with van der Waals surface area (Å²) in [7, 11) is 1.52. The molecule has 0 fully saturated rings. The summed E-state index contributed by atoms with van der Waals surface area (Å²) in [5.74, 6) is 0.741. The maximum atomic E-state index is 10.9. The van der Waals surface area contributed by atoms with E-state index in [4.69, 9.17) is 4.74 Å². The Bertz CT molecular complexity index is 487. The first-order valence-corrected chi connectivity index (χ1v) is 4.88. The Morgan fingerprint density at radius 1 is 1.50 bits per heavy atom. The SMILES string of the molecule is COc1ccc2c(O)csc2c1C=O. The molecule has 0 aliphatic heterocycles. The number of hydrogen-bond donors (Lipinski definition) is 1. The molecule has 3 nitrogen and oxygen atoms in total. The van der Waals surface area contributed by atoms with Gasteiger partial charge in [0.1, 0.15) is 11.5 Å². The van der Waals surface area contributed by atoms with Gasteiger partial charge in [0.2, 0.25) is 0 Å². The van der Waals surface area contributed by atoms with Gasteiger partial charge in [0, 0.05) is 10.8 Å². The highest BCUT2D eigenvalue weighted by molar-refractivity contribution is 7.18. The Morgan fingerprint density at radius 2 is 2.29 bits per heavy atom. The van der Waals surface area contributed by atoms with Gasteiger partial charge in [0.05, 0.1) is 17.4 Å². The third-order valence-electron chi connectivity index (χ3n) is 2.06. The van der Waals surface area contributed by atoms with Crippen molar-refractivity contribution >= 4 is 27.7 Å². The second-order valence-electron chi connectivity index (χ2n) is 2.80. The Hall–Kier alpha value is -1.55. The number of fused-ring (bicyclic) bond motifs is 1. The molecule has 0 atom stereocenters. The minimum absolute atomic E-state index is 0.204. The average Bonchev–Trinajstić information content (AvgIpc) is 2.59. The summed E-state index contributed by atoms with van der Waals surface area (Å²) >= 11 is 1.33. The van der Waals surface area contributed by atoms with E-state index >= 15 is 0 Å². The zero-order valence-electron chi connectivity index (χ0n) is 7.48. The second kappa shape index (κ2) is 3.31. The number of carbonyl (C=O) groups is 1. The van der Waals surface area contributed by atoms with Crippen LogP contribution in [0.25, 0.3) is 10.1 Å². The van der Waals surface area contributed by atoms with Crippen LogP contribution in [-0.4, -0.2) is 18.5 Å². The Labute approximate surface area is 84.6 Å². The van der Waals surface area contributed by atoms with E-state index < -0.39 is 0 Å². The number of aromatic hydroxyl groups is 1. The molecule has 14 heavy (non-hydrogen) atoms. The normalized spacial score (nSPS) is 10.4. The fraction of sp³-hybridized carbons (Fsp3) is 0.100. The molecule has 0 saturated heterocycles. The van der Waals surface area contributed by atoms with Crippen LogP contribution in [-0.2, 0) is 0 Å². The molecule has 0 amide bonds. The molecular formula is C10H8O3S. The molecule has 1 heterocycles. The molecule has 72 valence electrons. The molecule has 0 unspecified atom stereocenters. The van der Waals surface area contributed by atoms with Gasteiger partial charge in [-0.3, -0.25) is 4.79 Å². The number of thiophene rings is 1. The lowest BCUT2D eigenvalue weighted by Gasteiger charge is -2.03. The molecule has 0 radical (unpaired) electrons. The van der Waals surface area contributed by atoms with Gasteiger partial charge >= 0.3 is 0 Å². The standard InChI is InChI=1S/C10H8O3S/c1-13-9-3-2-6-8(12)5-14-10(6)7(9)4-11/h2-5,12H,1H3. The highest BCUT2D eigenvalue weighted by atomic mass is 32.1. The van der Waals surface area contributed by atoms with E-state index in [0.717, 1.165) is 11.0 Å². The first kappa shape index (κ1) is 9.02. The van der Waals surface area contributed by atoms with E-state index in [0.29, 0.717) is 16.7 Å². The molecule has 1 N–H and O–H groups in total. The fourth-order valence-electron chi connectivity index (χ4n) is 1.38. The monoisotopic (exact) mass is 208 g/mol. The van der Waals surface area contributed by atoms with Gasteiger partial charge in [-0.2, -0.15) is 0 Å². The van der Waals surface area contributed by atoms with Crippen molar-refractivity contribution in [2.45, 2.75) is 0 Å². The minimum Gasteiger partial charge on any atom is -0.506 e. The maximum Gasteiger partial charge on any atom is 0.155 e. The summed E-state index contributed by atoms with van der Waals surface area (Å²) in [6.07, 6.45) is 0.747. The van der Waals surface area contributed by atoms with Crippen LogP contribution in [0.5, 0.6) is 11.5 Å². The van der Waals surface area contributed by atoms with Crippen LogP contribution >= 0.6 is 11.3 Å². The quantitative estimate of drug-likeness (QED) is 0.771. The van der Waals surface area contributed by atoms with Gasteiger partial charge in [-0.25, -0.2) is 0 Å². The van der Waals surface area contributed by atoms with Crippen LogP contribution in [0.1, 0.15) is 10.4 Å². The number of aldehydes is 1. The van der Waals surface area contributed by atoms with Gasteiger partial charge in [0.15, 0.2) is 6.29 Å². The summed E-state index contributed by atoms with van der Waals surface area (Å²) in [5, 5.41) is 11.7. The van der Waals surface area contributed by atoms with Crippen molar-refractivity contribution in [1.29, 1.82) is 0 Å². The van der Waals surface area contributed by atoms with Gasteiger partial charge < -0.3 is 9.84 Å². The Balaban J connectivity index is 2.84. The van der Waals surface area contributed by atoms with Gasteiger partial charge in [-0.1, -0.05) is 0 Å². The highest BCUT2D eigenvalue weighted by Crippen LogP contribution is 2.36. The van der Waals surface area contributed by atoms with Crippen molar-refractivity contribution in [2.24, 2.45) is 0 Å². The zero-order valence-corrected chi connectivity index (χ0v) is 8.30. The summed E-state index contributed by atoms with van der Waals surface area (Å²) in [6.45, 7) is 0. The van der Waals surface area contributed by atoms with Gasteiger partial charge in [-0.05, 0) is 12.1 Å². The second-order valence-corrected chi connectivity index (χ2v) is 3.68. The first-order valence-electron chi connectivity index (χ1n) is 4.00. The number of rotatable bonds is 2. The van der Waals surface area contributed by atoms with Crippen LogP contribution < -0.4 is 4.74 Å². The smallest absolute Gasteiger partial charge is 0.155 e. The lowest BCUT2D eigenvalue weighted by atomic mass is 10.1. The molecule has 0 saturated carbocycles. The van der Waals surface area contributed by atoms with Crippen molar-refractivity contribution in [3.63, 3.8) is 0 Å². The molecular weight excluding hydrogens is 200 g/mol. The number of carbonyl (C=O) groups excluding carboxylic acids is 1. The van der Waals surface area contributed by atoms with Crippen molar-refractivity contribution in [1.82, 2.24) is 0 Å². The lowest BCUT2D eigenvalue weighted by molar-refractivity contribution is 0.112. The van der Waals surface area contributed by atoms with E-state index in [1.807, 2.05) is 0 Å². The predicted molar refractivity (Wildman–Crippen MR) is 55.4 cm³/mol. The summed E-state index contributed by atoms with van der Waals surface area (Å²) in [5.41, 5.74) is 0.496. The topological polar surface area (TPSA) is 46.5 Å². The van der Waals surface area contributed by atoms with Crippen LogP contribution in [0.3, 0.4) is 0 Å². The Kier molecular flexibility index (Phi) is 2.13. The largest absolute Gasteiger partial charge is 0.506 e. The van der Waals surface area contributed by atoms with Crippen molar-refractivity contribution in [3.8, 4) is 11.5 Å². The van der Waals surface area contributed by atoms with E-state index in [2.05, 4.69) is 0 Å². The summed E-state index contributed by atoms with van der Waals surface area (Å²) in [6, 6.07) is 3.42. The number of hydrogen-bond acceptors (Lipinski definition) is 4. The Morgan fingerprint density at radius 3 is 2.93 bits per heavy atom. The maximum absolute atomic E-state index is 10.9. The van der Waals surface area contributed by atoms with Crippen LogP contribution in [0.2, 0.25) is 0 Å². The van der Waals surface area contributed by atoms with Gasteiger partial charge in [0.25, 0.3) is 0 Å². The third kappa shape index (κ3) is 1.15. The number of methoxy groups -OCH3 is 1. The molecule has 2 aromatic rings. The molecule has 4 heteroatoms. The lowest BCUT2D eigenvalue weighted by Crippen LogP contribution is -1.89. The molecule has 0 aliphatic carbocycles. The molecule has 1 aromatic carbocycles. The molecule has 0 bridgehead atoms. The summed E-state index contributed by atoms with van der Waals surface area (Å²) in [4.78, 5) is 10.9. The molecule has 0 spiro atoms. The summed E-state index contributed by atoms with van der Waals surface area (Å²) < 4.78 is 5.81. The van der Waals surface area contributed by atoms with Crippen molar-refractivity contribution in [3.05, 3.63) is 23.1 Å². The number of benzene rings is 1. The van der Waals surface area contributed by atoms with Crippen LogP contribution in [0.15, 0.2) is 17.5 Å². The third-order valence-corrected chi connectivity index (χ3v) is 3.07. The van der Waals surface area contributed by atoms with E-state index in [-0.39, 0.29) is 5.75 Å². The van der Waals surface area contributed by atoms with Crippen LogP contribution in [0, 0.1) is 0 Å². The highest BCUT2D eigenvalue weighted by Gasteiger charge is 2.11. The molecule has 1 aromatic heterocycles. The van der Waals surface area contributed by atoms with E-state index in [1.165, 1.54) is 18.4 Å². The van der Waals surface area contributed by atoms with Crippen molar-refractivity contribution < 1.29 is 14.6 Å². The zero-order chi connectivity index (χ0) is 10.1. The fourth-order valence-corrected chi connectivity index (χ4v) is 2.31.